The third kappa shape index (κ3) is 3.24. The molecular formula is C15H24N2O. The number of likely N-dealkylation sites (tertiary alicyclic amines) is 1. The van der Waals surface area contributed by atoms with Gasteiger partial charge in [0.2, 0.25) is 0 Å². The predicted molar refractivity (Wildman–Crippen MR) is 74.8 cm³/mol. The van der Waals surface area contributed by atoms with Crippen LogP contribution in [0.25, 0.3) is 0 Å². The number of rotatable bonds is 4. The van der Waals surface area contributed by atoms with Crippen molar-refractivity contribution in [2.45, 2.75) is 38.8 Å². The van der Waals surface area contributed by atoms with Crippen LogP contribution in [0.5, 0.6) is 5.75 Å². The van der Waals surface area contributed by atoms with E-state index in [9.17, 15) is 0 Å². The molecule has 0 radical (unpaired) electrons. The summed E-state index contributed by atoms with van der Waals surface area (Å²) in [6.45, 7) is 4.58. The van der Waals surface area contributed by atoms with Gasteiger partial charge in [-0.2, -0.15) is 0 Å². The molecule has 0 aliphatic carbocycles. The molecular weight excluding hydrogens is 224 g/mol. The summed E-state index contributed by atoms with van der Waals surface area (Å²) in [5.74, 6) is 0.946. The minimum atomic E-state index is 0.539. The van der Waals surface area contributed by atoms with E-state index < -0.39 is 0 Å². The Morgan fingerprint density at radius 1 is 1.39 bits per heavy atom. The molecule has 3 heteroatoms. The summed E-state index contributed by atoms with van der Waals surface area (Å²) in [6, 6.07) is 6.78. The number of likely N-dealkylation sites (N-methyl/N-ethyl adjacent to an activating group) is 1. The molecule has 0 saturated carbocycles. The molecule has 2 N–H and O–H groups in total. The van der Waals surface area contributed by atoms with Crippen LogP contribution in [0.1, 0.15) is 30.4 Å². The molecule has 1 aromatic rings. The van der Waals surface area contributed by atoms with E-state index in [1.807, 2.05) is 6.07 Å². The first-order valence-corrected chi connectivity index (χ1v) is 6.83. The fourth-order valence-corrected chi connectivity index (χ4v) is 2.55. The Bertz CT molecular complexity index is 392. The van der Waals surface area contributed by atoms with Crippen molar-refractivity contribution in [2.24, 2.45) is 5.73 Å². The Hall–Kier alpha value is -1.06. The lowest BCUT2D eigenvalue weighted by Gasteiger charge is -2.32. The highest BCUT2D eigenvalue weighted by molar-refractivity contribution is 5.36. The van der Waals surface area contributed by atoms with Gasteiger partial charge in [-0.3, -0.25) is 0 Å². The van der Waals surface area contributed by atoms with Crippen LogP contribution in [0.15, 0.2) is 18.2 Å². The van der Waals surface area contributed by atoms with Gasteiger partial charge in [-0.25, -0.2) is 0 Å². The van der Waals surface area contributed by atoms with Crippen molar-refractivity contribution in [1.29, 1.82) is 0 Å². The molecule has 1 aliphatic rings. The van der Waals surface area contributed by atoms with E-state index in [0.717, 1.165) is 17.9 Å². The van der Waals surface area contributed by atoms with Crippen LogP contribution in [0.4, 0.5) is 0 Å². The smallest absolute Gasteiger partial charge is 0.123 e. The molecule has 1 fully saturated rings. The molecule has 1 atom stereocenters. The molecule has 1 saturated heterocycles. The second kappa shape index (κ2) is 6.21. The number of benzene rings is 1. The summed E-state index contributed by atoms with van der Waals surface area (Å²) in [6.07, 6.45) is 3.86. The lowest BCUT2D eigenvalue weighted by atomic mass is 10.0. The number of aryl methyl sites for hydroxylation is 1. The van der Waals surface area contributed by atoms with E-state index in [0.29, 0.717) is 12.6 Å². The molecule has 1 aliphatic heterocycles. The zero-order valence-corrected chi connectivity index (χ0v) is 11.5. The average Bonchev–Trinajstić information content (AvgIpc) is 2.39. The minimum Gasteiger partial charge on any atom is -0.492 e. The van der Waals surface area contributed by atoms with Crippen molar-refractivity contribution < 1.29 is 4.74 Å². The van der Waals surface area contributed by atoms with Gasteiger partial charge in [0.25, 0.3) is 0 Å². The lowest BCUT2D eigenvalue weighted by Crippen LogP contribution is -2.40. The summed E-state index contributed by atoms with van der Waals surface area (Å²) in [5, 5.41) is 0. The highest BCUT2D eigenvalue weighted by Gasteiger charge is 2.19. The molecule has 3 nitrogen and oxygen atoms in total. The molecule has 1 unspecified atom stereocenters. The average molecular weight is 248 g/mol. The first-order chi connectivity index (χ1) is 8.70. The molecule has 0 spiro atoms. The number of hydrogen-bond donors (Lipinski definition) is 1. The molecule has 0 aromatic heterocycles. The Morgan fingerprint density at radius 2 is 2.22 bits per heavy atom. The summed E-state index contributed by atoms with van der Waals surface area (Å²) in [7, 11) is 2.19. The van der Waals surface area contributed by atoms with E-state index in [2.05, 4.69) is 31.0 Å². The maximum atomic E-state index is 5.97. The van der Waals surface area contributed by atoms with Crippen molar-refractivity contribution in [3.63, 3.8) is 0 Å². The maximum absolute atomic E-state index is 5.97. The molecule has 18 heavy (non-hydrogen) atoms. The molecule has 1 heterocycles. The summed E-state index contributed by atoms with van der Waals surface area (Å²) >= 11 is 0. The molecule has 0 amide bonds. The molecule has 0 bridgehead atoms. The first-order valence-electron chi connectivity index (χ1n) is 6.83. The van der Waals surface area contributed by atoms with Crippen LogP contribution in [0.3, 0.4) is 0 Å². The number of hydrogen-bond acceptors (Lipinski definition) is 3. The third-order valence-corrected chi connectivity index (χ3v) is 3.79. The fraction of sp³-hybridized carbons (Fsp3) is 0.600. The fourth-order valence-electron chi connectivity index (χ4n) is 2.55. The van der Waals surface area contributed by atoms with Crippen LogP contribution in [-0.4, -0.2) is 31.1 Å². The van der Waals surface area contributed by atoms with Gasteiger partial charge in [0.1, 0.15) is 12.4 Å². The van der Waals surface area contributed by atoms with Gasteiger partial charge in [0.15, 0.2) is 0 Å². The summed E-state index contributed by atoms with van der Waals surface area (Å²) in [5.41, 5.74) is 8.10. The normalized spacial score (nSPS) is 20.9. The van der Waals surface area contributed by atoms with E-state index in [1.54, 1.807) is 0 Å². The number of nitrogens with two attached hydrogens (primary N) is 1. The SMILES string of the molecule is Cc1ccc(OCC2CCCCN2C)c(CN)c1. The van der Waals surface area contributed by atoms with Gasteiger partial charge >= 0.3 is 0 Å². The zero-order chi connectivity index (χ0) is 13.0. The van der Waals surface area contributed by atoms with Crippen LogP contribution >= 0.6 is 0 Å². The van der Waals surface area contributed by atoms with Gasteiger partial charge in [0.05, 0.1) is 0 Å². The van der Waals surface area contributed by atoms with Crippen LogP contribution in [-0.2, 0) is 6.54 Å². The second-order valence-electron chi connectivity index (χ2n) is 5.26. The van der Waals surface area contributed by atoms with Gasteiger partial charge < -0.3 is 15.4 Å². The summed E-state index contributed by atoms with van der Waals surface area (Å²) in [4.78, 5) is 2.40. The Kier molecular flexibility index (Phi) is 4.61. The van der Waals surface area contributed by atoms with Crippen molar-refractivity contribution in [3.8, 4) is 5.75 Å². The van der Waals surface area contributed by atoms with E-state index in [4.69, 9.17) is 10.5 Å². The van der Waals surface area contributed by atoms with Crippen molar-refractivity contribution >= 4 is 0 Å². The van der Waals surface area contributed by atoms with Crippen molar-refractivity contribution in [1.82, 2.24) is 4.90 Å². The van der Waals surface area contributed by atoms with Crippen LogP contribution < -0.4 is 10.5 Å². The highest BCUT2D eigenvalue weighted by Crippen LogP contribution is 2.22. The molecule has 1 aromatic carbocycles. The van der Waals surface area contributed by atoms with E-state index >= 15 is 0 Å². The predicted octanol–water partition coefficient (Wildman–Crippen LogP) is 2.32. The zero-order valence-electron chi connectivity index (χ0n) is 11.5. The lowest BCUT2D eigenvalue weighted by molar-refractivity contribution is 0.124. The van der Waals surface area contributed by atoms with Gasteiger partial charge in [0, 0.05) is 18.2 Å². The molecule has 2 rings (SSSR count). The largest absolute Gasteiger partial charge is 0.492 e. The number of piperidine rings is 1. The third-order valence-electron chi connectivity index (χ3n) is 3.79. The quantitative estimate of drug-likeness (QED) is 0.888. The topological polar surface area (TPSA) is 38.5 Å². The first kappa shape index (κ1) is 13.4. The second-order valence-corrected chi connectivity index (χ2v) is 5.26. The maximum Gasteiger partial charge on any atom is 0.123 e. The Balaban J connectivity index is 1.97. The molecule has 100 valence electrons. The standard InChI is InChI=1S/C15H24N2O/c1-12-6-7-15(13(9-12)10-16)18-11-14-5-3-4-8-17(14)2/h6-7,9,14H,3-5,8,10-11,16H2,1-2H3. The monoisotopic (exact) mass is 248 g/mol. The van der Waals surface area contributed by atoms with Crippen molar-refractivity contribution in [3.05, 3.63) is 29.3 Å². The Labute approximate surface area is 110 Å². The van der Waals surface area contributed by atoms with E-state index in [-0.39, 0.29) is 0 Å². The van der Waals surface area contributed by atoms with Gasteiger partial charge in [-0.15, -0.1) is 0 Å². The van der Waals surface area contributed by atoms with E-state index in [1.165, 1.54) is 31.4 Å². The van der Waals surface area contributed by atoms with Crippen LogP contribution in [0.2, 0.25) is 0 Å². The highest BCUT2D eigenvalue weighted by atomic mass is 16.5. The minimum absolute atomic E-state index is 0.539. The van der Waals surface area contributed by atoms with Gasteiger partial charge in [-0.1, -0.05) is 24.1 Å². The number of nitrogens with zero attached hydrogens (tertiary/aromatic N) is 1. The van der Waals surface area contributed by atoms with Crippen LogP contribution in [0, 0.1) is 6.92 Å². The van der Waals surface area contributed by atoms with Crippen molar-refractivity contribution in [2.75, 3.05) is 20.2 Å². The summed E-state index contributed by atoms with van der Waals surface area (Å²) < 4.78 is 5.97. The number of ether oxygens (including phenoxy) is 1. The van der Waals surface area contributed by atoms with Gasteiger partial charge in [-0.05, 0) is 39.4 Å². The Morgan fingerprint density at radius 3 is 2.94 bits per heavy atom.